The molecule has 0 radical (unpaired) electrons. The maximum Gasteiger partial charge on any atom is 0.342 e. The van der Waals surface area contributed by atoms with Crippen LogP contribution in [0.5, 0.6) is 0 Å². The number of benzene rings is 2. The van der Waals surface area contributed by atoms with Crippen molar-refractivity contribution in [2.24, 2.45) is 11.8 Å². The standard InChI is InChI=1S/C41H67NO15.C17H17Cl2NO3/c1-11-30(45)54-29-21-32(47)51-24(4)16-14-13-15-17-28(44)23(3)20-27(18-19-43)37(38(29)50-10)57-40-35(48)34(42(8)9)36(25(5)53-40)56-33-22-41(7,49)39(26(6)52-33)55-31(46)12-2;1-3-22-10-23-17(21)12-6-4-5-7-14(12)20-16-13(18)9-8-11(2)15(16)19/h13-15,17,19,23-29,33-40,44,48-49H,11-12,16,18,20-22H2,1-10H3;4-9,20H,3,10H2,1-2H3/b14-13+,17-15+;/t23-,24-,25-,26+,27+,28+,29-,33+,34-,35-,36-,37+,38+,39+,40+,41-;/m1./s1. The highest BCUT2D eigenvalue weighted by Crippen LogP contribution is 2.39. The van der Waals surface area contributed by atoms with E-state index >= 15 is 0 Å². The molecule has 80 heavy (non-hydrogen) atoms. The number of rotatable bonds is 18. The molecule has 0 aromatic heterocycles. The molecule has 0 unspecified atom stereocenters. The zero-order valence-electron chi connectivity index (χ0n) is 48.0. The van der Waals surface area contributed by atoms with Gasteiger partial charge in [-0.25, -0.2) is 4.79 Å². The lowest BCUT2D eigenvalue weighted by molar-refractivity contribution is -0.344. The average Bonchev–Trinajstić information content (AvgIpc) is 3.46. The topological polar surface area (TPSA) is 254 Å². The van der Waals surface area contributed by atoms with Crippen molar-refractivity contribution in [1.82, 2.24) is 4.90 Å². The van der Waals surface area contributed by atoms with Gasteiger partial charge in [-0.15, -0.1) is 0 Å². The third-order valence-electron chi connectivity index (χ3n) is 14.1. The smallest absolute Gasteiger partial charge is 0.342 e. The number of methoxy groups -OCH3 is 1. The minimum Gasteiger partial charge on any atom is -0.462 e. The number of carbonyl (C=O) groups excluding carboxylic acids is 5. The third-order valence-corrected chi connectivity index (χ3v) is 14.9. The average molecular weight is 1170 g/mol. The third kappa shape index (κ3) is 19.5. The van der Waals surface area contributed by atoms with E-state index in [1.807, 2.05) is 32.9 Å². The van der Waals surface area contributed by atoms with Gasteiger partial charge < -0.3 is 77.7 Å². The van der Waals surface area contributed by atoms with Gasteiger partial charge >= 0.3 is 23.9 Å². The van der Waals surface area contributed by atoms with Crippen molar-refractivity contribution in [2.45, 2.75) is 193 Å². The number of ether oxygens (including phenoxy) is 10. The summed E-state index contributed by atoms with van der Waals surface area (Å²) in [4.78, 5) is 64.4. The fourth-order valence-electron chi connectivity index (χ4n) is 9.75. The number of hydrogen-bond acceptors (Lipinski definition) is 20. The van der Waals surface area contributed by atoms with Crippen LogP contribution < -0.4 is 5.32 Å². The summed E-state index contributed by atoms with van der Waals surface area (Å²) in [6.07, 6.45) is -4.08. The van der Waals surface area contributed by atoms with Crippen LogP contribution in [0.25, 0.3) is 0 Å². The van der Waals surface area contributed by atoms with Gasteiger partial charge in [0.15, 0.2) is 25.5 Å². The second kappa shape index (κ2) is 32.9. The number of hydrogen-bond donors (Lipinski definition) is 4. The van der Waals surface area contributed by atoms with Gasteiger partial charge in [0.25, 0.3) is 0 Å². The first kappa shape index (κ1) is 68.0. The van der Waals surface area contributed by atoms with Crippen LogP contribution in [0.4, 0.5) is 11.4 Å². The molecule has 0 bridgehead atoms. The molecule has 5 rings (SSSR count). The lowest BCUT2D eigenvalue weighted by atomic mass is 9.82. The van der Waals surface area contributed by atoms with Crippen molar-refractivity contribution in [3.63, 3.8) is 0 Å². The highest BCUT2D eigenvalue weighted by molar-refractivity contribution is 6.39. The van der Waals surface area contributed by atoms with Gasteiger partial charge in [-0.05, 0) is 97.7 Å². The predicted octanol–water partition coefficient (Wildman–Crippen LogP) is 7.96. The Labute approximate surface area is 480 Å². The number of carbonyl (C=O) groups is 5. The monoisotopic (exact) mass is 1170 g/mol. The van der Waals surface area contributed by atoms with Crippen LogP contribution in [0.2, 0.25) is 10.0 Å². The summed E-state index contributed by atoms with van der Waals surface area (Å²) >= 11 is 12.5. The van der Waals surface area contributed by atoms with Crippen molar-refractivity contribution in [1.29, 1.82) is 0 Å². The number of para-hydroxylation sites is 1. The molecule has 0 amide bonds. The lowest BCUT2D eigenvalue weighted by Crippen LogP contribution is -2.66. The molecule has 2 aromatic rings. The first-order valence-electron chi connectivity index (χ1n) is 27.2. The molecule has 2 aromatic carbocycles. The van der Waals surface area contributed by atoms with Crippen LogP contribution in [0.1, 0.15) is 116 Å². The molecule has 448 valence electrons. The first-order valence-corrected chi connectivity index (χ1v) is 28.0. The summed E-state index contributed by atoms with van der Waals surface area (Å²) < 4.78 is 58.6. The Kier molecular flexibility index (Phi) is 28.0. The Morgan fingerprint density at radius 1 is 0.912 bits per heavy atom. The van der Waals surface area contributed by atoms with Gasteiger partial charge in [-0.1, -0.05) is 86.5 Å². The fraction of sp³-hybridized carbons (Fsp3) is 0.638. The van der Waals surface area contributed by atoms with Crippen molar-refractivity contribution >= 4 is 64.7 Å². The van der Waals surface area contributed by atoms with Crippen molar-refractivity contribution in [3.8, 4) is 0 Å². The van der Waals surface area contributed by atoms with Crippen LogP contribution in [0.15, 0.2) is 60.7 Å². The number of likely N-dealkylation sites (N-methyl/N-ethyl adjacent to an activating group) is 1. The van der Waals surface area contributed by atoms with Gasteiger partial charge in [0, 0.05) is 45.8 Å². The van der Waals surface area contributed by atoms with Gasteiger partial charge in [0.05, 0.1) is 63.9 Å². The number of aliphatic hydroxyl groups excluding tert-OH is 2. The van der Waals surface area contributed by atoms with Crippen molar-refractivity contribution in [2.75, 3.05) is 39.9 Å². The SMILES string of the molecule is CCC(=O)O[C@@H]1CC(=O)O[C@H](C)C/C=C/C=C/[C@H](O)[C@H](C)C[C@H](CC=O)[C@H](O[C@@H]2O[C@H](C)[C@@H](O[C@H]3C[C@@](C)(O)[C@@H](OC(=O)CC)[C@H](C)O3)[C@H](N(C)C)[C@H]2O)[C@H]1OC.CCOCOC(=O)c1ccccc1Nc1c(Cl)ccc(C)c1Cl. The van der Waals surface area contributed by atoms with E-state index in [2.05, 4.69) is 5.32 Å². The highest BCUT2D eigenvalue weighted by Gasteiger charge is 2.53. The molecule has 0 saturated carbocycles. The minimum absolute atomic E-state index is 0.000633. The summed E-state index contributed by atoms with van der Waals surface area (Å²) in [6.45, 7) is 15.9. The Balaban J connectivity index is 0.000000496. The maximum absolute atomic E-state index is 13.3. The van der Waals surface area contributed by atoms with Gasteiger partial charge in [0.1, 0.15) is 42.4 Å². The molecule has 20 nitrogen and oxygen atoms in total. The number of cyclic esters (lactones) is 1. The molecular formula is C58H84Cl2N2O18. The summed E-state index contributed by atoms with van der Waals surface area (Å²) in [7, 11) is 4.86. The molecule has 0 spiro atoms. The zero-order valence-corrected chi connectivity index (χ0v) is 49.6. The van der Waals surface area contributed by atoms with Crippen LogP contribution >= 0.6 is 23.2 Å². The summed E-state index contributed by atoms with van der Waals surface area (Å²) in [5.74, 6) is -3.31. The Hall–Kier alpha value is -4.55. The van der Waals surface area contributed by atoms with Crippen LogP contribution in [-0.4, -0.2) is 170 Å². The van der Waals surface area contributed by atoms with Crippen LogP contribution in [0.3, 0.4) is 0 Å². The predicted molar refractivity (Wildman–Crippen MR) is 298 cm³/mol. The van der Waals surface area contributed by atoms with Gasteiger partial charge in [-0.2, -0.15) is 0 Å². The normalized spacial score (nSPS) is 32.3. The quantitative estimate of drug-likeness (QED) is 0.0363. The van der Waals surface area contributed by atoms with Crippen LogP contribution in [0, 0.1) is 18.8 Å². The first-order chi connectivity index (χ1) is 37.9. The maximum atomic E-state index is 13.3. The van der Waals surface area contributed by atoms with Gasteiger partial charge in [-0.3, -0.25) is 14.4 Å². The molecule has 4 N–H and O–H groups in total. The van der Waals surface area contributed by atoms with E-state index in [0.29, 0.717) is 46.3 Å². The summed E-state index contributed by atoms with van der Waals surface area (Å²) in [6, 6.07) is 9.78. The number of aryl methyl sites for hydroxylation is 1. The fourth-order valence-corrected chi connectivity index (χ4v) is 10.2. The molecule has 16 atom stereocenters. The number of anilines is 2. The number of nitrogens with one attached hydrogen (secondary N) is 1. The molecule has 2 fully saturated rings. The minimum atomic E-state index is -1.49. The van der Waals surface area contributed by atoms with E-state index in [1.54, 1.807) is 109 Å². The second-order valence-electron chi connectivity index (χ2n) is 20.7. The van der Waals surface area contributed by atoms with Gasteiger partial charge in [0.2, 0.25) is 0 Å². The molecule has 22 heteroatoms. The number of allylic oxidation sites excluding steroid dienone is 2. The number of aliphatic hydroxyl groups is 3. The Morgan fingerprint density at radius 3 is 2.24 bits per heavy atom. The number of esters is 4. The van der Waals surface area contributed by atoms with E-state index in [4.69, 9.17) is 70.6 Å². The van der Waals surface area contributed by atoms with Crippen LogP contribution in [-0.2, 0) is 66.5 Å². The molecular weight excluding hydrogens is 1080 g/mol. The van der Waals surface area contributed by atoms with Crippen molar-refractivity contribution < 1.29 is 86.7 Å². The molecule has 2 saturated heterocycles. The Morgan fingerprint density at radius 2 is 1.60 bits per heavy atom. The van der Waals surface area contributed by atoms with E-state index in [9.17, 15) is 39.3 Å². The van der Waals surface area contributed by atoms with E-state index in [1.165, 1.54) is 7.11 Å². The zero-order chi connectivity index (χ0) is 59.4. The highest BCUT2D eigenvalue weighted by atomic mass is 35.5. The summed E-state index contributed by atoms with van der Waals surface area (Å²) in [5.41, 5.74) is 0.883. The number of nitrogens with zero attached hydrogens (tertiary/aromatic N) is 1. The number of halogens is 2. The molecule has 3 aliphatic rings. The van der Waals surface area contributed by atoms with E-state index < -0.39 is 127 Å². The summed E-state index contributed by atoms with van der Waals surface area (Å²) in [5, 5.41) is 38.6. The Bertz CT molecular complexity index is 2370. The largest absolute Gasteiger partial charge is 0.462 e. The second-order valence-corrected chi connectivity index (χ2v) is 21.5. The van der Waals surface area contributed by atoms with Crippen molar-refractivity contribution in [3.05, 3.63) is 81.9 Å². The molecule has 3 heterocycles. The number of aldehydes is 1. The van der Waals surface area contributed by atoms with E-state index in [0.717, 1.165) is 5.56 Å². The molecule has 3 aliphatic heterocycles. The van der Waals surface area contributed by atoms with E-state index in [-0.39, 0.29) is 38.9 Å². The molecule has 0 aliphatic carbocycles. The lowest BCUT2D eigenvalue weighted by Gasteiger charge is -2.50.